The summed E-state index contributed by atoms with van der Waals surface area (Å²) in [5.74, 6) is 0.103. The maximum Gasteiger partial charge on any atom is 0.194 e. The molecule has 3 aromatic rings. The Kier molecular flexibility index (Phi) is 6.09. The third-order valence-corrected chi connectivity index (χ3v) is 7.65. The van der Waals surface area contributed by atoms with Crippen LogP contribution in [0.25, 0.3) is 16.6 Å². The lowest BCUT2D eigenvalue weighted by Gasteiger charge is -2.43. The van der Waals surface area contributed by atoms with E-state index in [4.69, 9.17) is 22.1 Å². The highest BCUT2D eigenvalue weighted by Crippen LogP contribution is 2.48. The standard InChI is InChI=1S/C23H24ClN5O4S/c1-13(29-6-5-18(30)19-21(25)27-12-28-22(19)29)23(2)9-15(24)8-17(20(23)33-3)14-7-16(11-26-10-14)34(4,31)32/h5-13,20H,1-4H3,(H2,25,27,28). The zero-order chi connectivity index (χ0) is 24.8. The molecule has 0 aliphatic heterocycles. The van der Waals surface area contributed by atoms with Crippen molar-refractivity contribution in [1.82, 2.24) is 19.5 Å². The van der Waals surface area contributed by atoms with Gasteiger partial charge in [-0.3, -0.25) is 9.78 Å². The summed E-state index contributed by atoms with van der Waals surface area (Å²) in [4.78, 5) is 24.9. The van der Waals surface area contributed by atoms with Crippen molar-refractivity contribution >= 4 is 43.9 Å². The van der Waals surface area contributed by atoms with Crippen molar-refractivity contribution in [3.8, 4) is 0 Å². The lowest BCUT2D eigenvalue weighted by molar-refractivity contribution is 0.0384. The van der Waals surface area contributed by atoms with Crippen molar-refractivity contribution in [3.63, 3.8) is 0 Å². The molecule has 9 nitrogen and oxygen atoms in total. The first-order valence-electron chi connectivity index (χ1n) is 10.4. The summed E-state index contributed by atoms with van der Waals surface area (Å²) >= 11 is 6.58. The lowest BCUT2D eigenvalue weighted by atomic mass is 9.70. The van der Waals surface area contributed by atoms with E-state index in [2.05, 4.69) is 15.0 Å². The zero-order valence-corrected chi connectivity index (χ0v) is 20.6. The van der Waals surface area contributed by atoms with Gasteiger partial charge in [0.25, 0.3) is 0 Å². The second-order valence-corrected chi connectivity index (χ2v) is 11.0. The maximum absolute atomic E-state index is 12.5. The molecular weight excluding hydrogens is 478 g/mol. The average Bonchev–Trinajstić information content (AvgIpc) is 2.78. The van der Waals surface area contributed by atoms with Crippen LogP contribution in [0, 0.1) is 5.41 Å². The summed E-state index contributed by atoms with van der Waals surface area (Å²) in [6.45, 7) is 3.94. The molecule has 0 saturated heterocycles. The number of aromatic nitrogens is 4. The van der Waals surface area contributed by atoms with Crippen molar-refractivity contribution in [3.05, 3.63) is 70.0 Å². The number of methoxy groups -OCH3 is 1. The Morgan fingerprint density at radius 1 is 1.29 bits per heavy atom. The van der Waals surface area contributed by atoms with Crippen LogP contribution in [0.4, 0.5) is 5.82 Å². The van der Waals surface area contributed by atoms with Gasteiger partial charge in [0.2, 0.25) is 0 Å². The summed E-state index contributed by atoms with van der Waals surface area (Å²) in [7, 11) is -1.88. The van der Waals surface area contributed by atoms with Crippen LogP contribution in [0.15, 0.2) is 63.9 Å². The second-order valence-electron chi connectivity index (χ2n) is 8.51. The van der Waals surface area contributed by atoms with Gasteiger partial charge in [0.1, 0.15) is 23.2 Å². The maximum atomic E-state index is 12.5. The van der Waals surface area contributed by atoms with Crippen molar-refractivity contribution in [1.29, 1.82) is 0 Å². The summed E-state index contributed by atoms with van der Waals surface area (Å²) in [5, 5.41) is 0.697. The Morgan fingerprint density at radius 2 is 2.03 bits per heavy atom. The van der Waals surface area contributed by atoms with Crippen LogP contribution >= 0.6 is 11.6 Å². The molecule has 178 valence electrons. The molecule has 11 heteroatoms. The number of hydrogen-bond donors (Lipinski definition) is 1. The average molecular weight is 502 g/mol. The SMILES string of the molecule is COC1C(c2cncc(S(C)(=O)=O)c2)=CC(Cl)=CC1(C)C(C)n1ccc(=O)c2c(N)ncnc21. The fraction of sp³-hybridized carbons (Fsp3) is 0.304. The molecule has 0 amide bonds. The Balaban J connectivity index is 1.88. The molecule has 3 aromatic heterocycles. The largest absolute Gasteiger partial charge is 0.383 e. The molecule has 3 atom stereocenters. The fourth-order valence-corrected chi connectivity index (χ4v) is 5.39. The van der Waals surface area contributed by atoms with Crippen LogP contribution in [0.1, 0.15) is 25.5 Å². The summed E-state index contributed by atoms with van der Waals surface area (Å²) in [5.41, 5.74) is 6.62. The van der Waals surface area contributed by atoms with Gasteiger partial charge in [0.15, 0.2) is 15.3 Å². The van der Waals surface area contributed by atoms with Crippen LogP contribution in [0.3, 0.4) is 0 Å². The van der Waals surface area contributed by atoms with Gasteiger partial charge in [-0.2, -0.15) is 0 Å². The number of anilines is 1. The number of rotatable bonds is 5. The number of ether oxygens (including phenoxy) is 1. The molecule has 3 unspecified atom stereocenters. The van der Waals surface area contributed by atoms with Crippen molar-refractivity contribution in [2.75, 3.05) is 19.1 Å². The van der Waals surface area contributed by atoms with Crippen LogP contribution in [-0.4, -0.2) is 47.4 Å². The van der Waals surface area contributed by atoms with Gasteiger partial charge < -0.3 is 15.0 Å². The van der Waals surface area contributed by atoms with E-state index in [1.807, 2.05) is 24.5 Å². The van der Waals surface area contributed by atoms with Gasteiger partial charge in [-0.1, -0.05) is 24.6 Å². The third-order valence-electron chi connectivity index (χ3n) is 6.35. The van der Waals surface area contributed by atoms with E-state index >= 15 is 0 Å². The number of fused-ring (bicyclic) bond motifs is 1. The number of allylic oxidation sites excluding steroid dienone is 2. The van der Waals surface area contributed by atoms with Gasteiger partial charge >= 0.3 is 0 Å². The van der Waals surface area contributed by atoms with Crippen molar-refractivity contribution < 1.29 is 13.2 Å². The number of nitrogen functional groups attached to an aromatic ring is 1. The van der Waals surface area contributed by atoms with Crippen molar-refractivity contribution in [2.24, 2.45) is 5.41 Å². The minimum absolute atomic E-state index is 0.0970. The topological polar surface area (TPSA) is 130 Å². The summed E-state index contributed by atoms with van der Waals surface area (Å²) < 4.78 is 32.0. The number of sulfone groups is 1. The minimum atomic E-state index is -3.46. The monoisotopic (exact) mass is 501 g/mol. The molecule has 1 aliphatic rings. The molecule has 0 bridgehead atoms. The van der Waals surface area contributed by atoms with E-state index in [0.29, 0.717) is 21.8 Å². The zero-order valence-electron chi connectivity index (χ0n) is 19.1. The Morgan fingerprint density at radius 3 is 2.71 bits per heavy atom. The van der Waals surface area contributed by atoms with Crippen LogP contribution in [0.2, 0.25) is 0 Å². The van der Waals surface area contributed by atoms with E-state index in [1.54, 1.807) is 31.6 Å². The van der Waals surface area contributed by atoms with E-state index in [9.17, 15) is 13.2 Å². The molecule has 0 fully saturated rings. The number of halogens is 1. The first kappa shape index (κ1) is 24.1. The molecular formula is C23H24ClN5O4S. The summed E-state index contributed by atoms with van der Waals surface area (Å²) in [6, 6.07) is 2.66. The fourth-order valence-electron chi connectivity index (χ4n) is 4.44. The van der Waals surface area contributed by atoms with Gasteiger partial charge in [-0.15, -0.1) is 0 Å². The first-order chi connectivity index (χ1) is 16.0. The van der Waals surface area contributed by atoms with E-state index in [1.165, 1.54) is 18.6 Å². The molecule has 0 spiro atoms. The van der Waals surface area contributed by atoms with Crippen LogP contribution in [-0.2, 0) is 14.6 Å². The highest BCUT2D eigenvalue weighted by Gasteiger charge is 2.44. The van der Waals surface area contributed by atoms with E-state index in [0.717, 1.165) is 6.26 Å². The predicted octanol–water partition coefficient (Wildman–Crippen LogP) is 2.97. The van der Waals surface area contributed by atoms with Gasteiger partial charge in [0, 0.05) is 54.5 Å². The minimum Gasteiger partial charge on any atom is -0.383 e. The number of nitrogens with two attached hydrogens (primary N) is 1. The second kappa shape index (κ2) is 8.61. The number of hydrogen-bond acceptors (Lipinski definition) is 8. The van der Waals surface area contributed by atoms with E-state index in [-0.39, 0.29) is 27.6 Å². The molecule has 0 aromatic carbocycles. The lowest BCUT2D eigenvalue weighted by Crippen LogP contribution is -2.42. The highest BCUT2D eigenvalue weighted by molar-refractivity contribution is 7.90. The Bertz CT molecular complexity index is 1520. The van der Waals surface area contributed by atoms with Crippen molar-refractivity contribution in [2.45, 2.75) is 30.9 Å². The predicted molar refractivity (Wildman–Crippen MR) is 131 cm³/mol. The molecule has 2 N–H and O–H groups in total. The normalized spacial score (nSPS) is 21.7. The number of pyridine rings is 2. The van der Waals surface area contributed by atoms with Crippen LogP contribution in [0.5, 0.6) is 0 Å². The molecule has 0 saturated carbocycles. The molecule has 0 radical (unpaired) electrons. The molecule has 4 rings (SSSR count). The highest BCUT2D eigenvalue weighted by atomic mass is 35.5. The van der Waals surface area contributed by atoms with Crippen LogP contribution < -0.4 is 11.2 Å². The van der Waals surface area contributed by atoms with E-state index < -0.39 is 21.4 Å². The quantitative estimate of drug-likeness (QED) is 0.564. The summed E-state index contributed by atoms with van der Waals surface area (Å²) in [6.07, 6.45) is 10.1. The third kappa shape index (κ3) is 4.02. The molecule has 3 heterocycles. The Hall–Kier alpha value is -3.08. The first-order valence-corrected chi connectivity index (χ1v) is 12.6. The molecule has 1 aliphatic carbocycles. The van der Waals surface area contributed by atoms with Gasteiger partial charge in [-0.05, 0) is 30.2 Å². The van der Waals surface area contributed by atoms with Gasteiger partial charge in [-0.25, -0.2) is 18.4 Å². The smallest absolute Gasteiger partial charge is 0.194 e. The van der Waals surface area contributed by atoms with Gasteiger partial charge in [0.05, 0.1) is 11.0 Å². The Labute approximate surface area is 201 Å². The molecule has 34 heavy (non-hydrogen) atoms. The number of nitrogens with zero attached hydrogens (tertiary/aromatic N) is 4.